The average molecular weight is 238 g/mol. The van der Waals surface area contributed by atoms with Gasteiger partial charge in [-0.2, -0.15) is 0 Å². The molecule has 0 saturated carbocycles. The lowest BCUT2D eigenvalue weighted by Gasteiger charge is -1.99. The van der Waals surface area contributed by atoms with E-state index in [1.54, 1.807) is 0 Å². The number of aromatic nitrogens is 2. The van der Waals surface area contributed by atoms with Crippen molar-refractivity contribution in [3.05, 3.63) is 60.5 Å². The fraction of sp³-hybridized carbons (Fsp3) is 0.188. The van der Waals surface area contributed by atoms with E-state index in [9.17, 15) is 0 Å². The highest BCUT2D eigenvalue weighted by molar-refractivity contribution is 5.59. The van der Waals surface area contributed by atoms with Crippen LogP contribution in [0.1, 0.15) is 19.0 Å². The summed E-state index contributed by atoms with van der Waals surface area (Å²) in [5.41, 5.74) is 2.13. The molecule has 2 heteroatoms. The van der Waals surface area contributed by atoms with Crippen LogP contribution in [0.3, 0.4) is 0 Å². The second-order valence-corrected chi connectivity index (χ2v) is 4.16. The van der Waals surface area contributed by atoms with Crippen LogP contribution in [0.4, 0.5) is 0 Å². The number of imidazole rings is 1. The summed E-state index contributed by atoms with van der Waals surface area (Å²) >= 11 is 0. The normalized spacial score (nSPS) is 11.7. The number of rotatable bonds is 4. The molecule has 1 aromatic carbocycles. The lowest BCUT2D eigenvalue weighted by molar-refractivity contribution is 0.925. The topological polar surface area (TPSA) is 17.8 Å². The molecular weight excluding hydrogens is 220 g/mol. The van der Waals surface area contributed by atoms with E-state index in [4.69, 9.17) is 0 Å². The summed E-state index contributed by atoms with van der Waals surface area (Å²) in [5, 5.41) is 0. The largest absolute Gasteiger partial charge is 0.333 e. The van der Waals surface area contributed by atoms with Crippen LogP contribution in [0.5, 0.6) is 0 Å². The number of hydrogen-bond donors (Lipinski definition) is 0. The van der Waals surface area contributed by atoms with E-state index < -0.39 is 0 Å². The molecule has 0 atom stereocenters. The third-order valence-electron chi connectivity index (χ3n) is 2.68. The molecule has 0 saturated heterocycles. The van der Waals surface area contributed by atoms with Crippen LogP contribution < -0.4 is 0 Å². The summed E-state index contributed by atoms with van der Waals surface area (Å²) in [6.07, 6.45) is 11.3. The van der Waals surface area contributed by atoms with Crippen LogP contribution >= 0.6 is 0 Å². The van der Waals surface area contributed by atoms with Crippen LogP contribution in [0.2, 0.25) is 0 Å². The summed E-state index contributed by atoms with van der Waals surface area (Å²) in [6, 6.07) is 10.2. The Labute approximate surface area is 108 Å². The molecule has 0 spiro atoms. The molecule has 1 aromatic heterocycles. The molecule has 0 N–H and O–H groups in total. The highest BCUT2D eigenvalue weighted by atomic mass is 15.0. The third kappa shape index (κ3) is 2.98. The van der Waals surface area contributed by atoms with Gasteiger partial charge in [-0.15, -0.1) is 0 Å². The maximum Gasteiger partial charge on any atom is 0.140 e. The van der Waals surface area contributed by atoms with Crippen molar-refractivity contribution < 1.29 is 0 Å². The summed E-state index contributed by atoms with van der Waals surface area (Å²) < 4.78 is 2.05. The molecule has 0 bridgehead atoms. The molecule has 92 valence electrons. The summed E-state index contributed by atoms with van der Waals surface area (Å²) in [4.78, 5) is 4.62. The predicted octanol–water partition coefficient (Wildman–Crippen LogP) is 4.07. The minimum Gasteiger partial charge on any atom is -0.333 e. The van der Waals surface area contributed by atoms with E-state index in [1.165, 1.54) is 0 Å². The maximum absolute atomic E-state index is 4.62. The van der Waals surface area contributed by atoms with Gasteiger partial charge in [0.1, 0.15) is 5.82 Å². The quantitative estimate of drug-likeness (QED) is 0.734. The zero-order chi connectivity index (χ0) is 12.8. The Bertz CT molecular complexity index is 548. The average Bonchev–Trinajstić information content (AvgIpc) is 2.77. The van der Waals surface area contributed by atoms with Gasteiger partial charge in [0.25, 0.3) is 0 Å². The van der Waals surface area contributed by atoms with Crippen molar-refractivity contribution in [3.63, 3.8) is 0 Å². The molecule has 0 fully saturated rings. The fourth-order valence-corrected chi connectivity index (χ4v) is 1.79. The van der Waals surface area contributed by atoms with Crippen molar-refractivity contribution in [3.8, 4) is 11.4 Å². The third-order valence-corrected chi connectivity index (χ3v) is 2.68. The molecule has 0 amide bonds. The summed E-state index contributed by atoms with van der Waals surface area (Å²) in [7, 11) is 2.02. The zero-order valence-corrected chi connectivity index (χ0v) is 10.9. The van der Waals surface area contributed by atoms with Gasteiger partial charge < -0.3 is 4.57 Å². The second-order valence-electron chi connectivity index (χ2n) is 4.16. The van der Waals surface area contributed by atoms with E-state index in [0.717, 1.165) is 23.5 Å². The molecule has 2 aromatic rings. The molecule has 2 nitrogen and oxygen atoms in total. The maximum atomic E-state index is 4.62. The molecule has 0 radical (unpaired) electrons. The molecule has 2 rings (SSSR count). The fourth-order valence-electron chi connectivity index (χ4n) is 1.79. The van der Waals surface area contributed by atoms with Gasteiger partial charge in [0, 0.05) is 18.8 Å². The Kier molecular flexibility index (Phi) is 4.13. The van der Waals surface area contributed by atoms with Gasteiger partial charge in [0.2, 0.25) is 0 Å². The molecule has 0 aliphatic rings. The molecule has 18 heavy (non-hydrogen) atoms. The van der Waals surface area contributed by atoms with E-state index in [2.05, 4.69) is 40.8 Å². The summed E-state index contributed by atoms with van der Waals surface area (Å²) in [5.74, 6) is 0.995. The van der Waals surface area contributed by atoms with E-state index in [0.29, 0.717) is 0 Å². The minimum atomic E-state index is 0.983. The monoisotopic (exact) mass is 238 g/mol. The number of nitrogens with zero attached hydrogens (tertiary/aromatic N) is 2. The van der Waals surface area contributed by atoms with Crippen LogP contribution in [-0.2, 0) is 7.05 Å². The first kappa shape index (κ1) is 12.4. The van der Waals surface area contributed by atoms with Crippen molar-refractivity contribution in [1.82, 2.24) is 9.55 Å². The van der Waals surface area contributed by atoms with Gasteiger partial charge in [-0.25, -0.2) is 4.98 Å². The zero-order valence-electron chi connectivity index (χ0n) is 10.9. The van der Waals surface area contributed by atoms with Crippen LogP contribution in [0.15, 0.2) is 54.8 Å². The van der Waals surface area contributed by atoms with E-state index in [-0.39, 0.29) is 0 Å². The van der Waals surface area contributed by atoms with Gasteiger partial charge in [-0.05, 0) is 12.5 Å². The Balaban J connectivity index is 2.22. The predicted molar refractivity (Wildman–Crippen MR) is 77.1 cm³/mol. The molecule has 0 aliphatic heterocycles. The Morgan fingerprint density at radius 3 is 2.67 bits per heavy atom. The van der Waals surface area contributed by atoms with Crippen molar-refractivity contribution in [1.29, 1.82) is 0 Å². The minimum absolute atomic E-state index is 0.983. The number of allylic oxidation sites excluding steroid dienone is 3. The van der Waals surface area contributed by atoms with Gasteiger partial charge in [-0.1, -0.05) is 55.5 Å². The first-order chi connectivity index (χ1) is 8.81. The van der Waals surface area contributed by atoms with Crippen molar-refractivity contribution in [2.45, 2.75) is 13.3 Å². The Morgan fingerprint density at radius 2 is 1.94 bits per heavy atom. The van der Waals surface area contributed by atoms with E-state index >= 15 is 0 Å². The van der Waals surface area contributed by atoms with Gasteiger partial charge in [-0.3, -0.25) is 0 Å². The highest BCUT2D eigenvalue weighted by Crippen LogP contribution is 2.17. The van der Waals surface area contributed by atoms with Gasteiger partial charge in [0.15, 0.2) is 0 Å². The SMILES string of the molecule is CC/C=C\C=C/c1cn(C)c(-c2ccccc2)n1. The standard InChI is InChI=1S/C16H18N2/c1-3-4-5-9-12-15-13-18(2)16(17-15)14-10-7-6-8-11-14/h4-13H,3H2,1-2H3/b5-4-,12-9-. The first-order valence-corrected chi connectivity index (χ1v) is 6.23. The number of benzene rings is 1. The highest BCUT2D eigenvalue weighted by Gasteiger charge is 2.04. The molecule has 0 unspecified atom stereocenters. The number of aryl methyl sites for hydroxylation is 1. The lowest BCUT2D eigenvalue weighted by atomic mass is 10.2. The van der Waals surface area contributed by atoms with Crippen molar-refractivity contribution in [2.24, 2.45) is 7.05 Å². The van der Waals surface area contributed by atoms with Gasteiger partial charge >= 0.3 is 0 Å². The van der Waals surface area contributed by atoms with Crippen molar-refractivity contribution >= 4 is 6.08 Å². The lowest BCUT2D eigenvalue weighted by Crippen LogP contribution is -1.89. The molecule has 1 heterocycles. The Morgan fingerprint density at radius 1 is 1.17 bits per heavy atom. The molecular formula is C16H18N2. The summed E-state index contributed by atoms with van der Waals surface area (Å²) in [6.45, 7) is 2.12. The van der Waals surface area contributed by atoms with Gasteiger partial charge in [0.05, 0.1) is 5.69 Å². The van der Waals surface area contributed by atoms with Crippen LogP contribution in [-0.4, -0.2) is 9.55 Å². The molecule has 0 aliphatic carbocycles. The van der Waals surface area contributed by atoms with Crippen molar-refractivity contribution in [2.75, 3.05) is 0 Å². The van der Waals surface area contributed by atoms with E-state index in [1.807, 2.05) is 43.6 Å². The number of hydrogen-bond acceptors (Lipinski definition) is 1. The Hall–Kier alpha value is -2.09. The smallest absolute Gasteiger partial charge is 0.140 e. The first-order valence-electron chi connectivity index (χ1n) is 6.23. The van der Waals surface area contributed by atoms with Crippen LogP contribution in [0, 0.1) is 0 Å². The second kappa shape index (κ2) is 6.01. The van der Waals surface area contributed by atoms with Crippen LogP contribution in [0.25, 0.3) is 17.5 Å².